The fraction of sp³-hybridized carbons (Fsp3) is 0.280. The van der Waals surface area contributed by atoms with Crippen LogP contribution in [0, 0.1) is 0 Å². The molecule has 2 N–H and O–H groups in total. The Morgan fingerprint density at radius 2 is 1.73 bits per heavy atom. The Bertz CT molecular complexity index is 966. The predicted octanol–water partition coefficient (Wildman–Crippen LogP) is 5.18. The third-order valence-electron chi connectivity index (χ3n) is 4.99. The van der Waals surface area contributed by atoms with Crippen molar-refractivity contribution in [2.45, 2.75) is 26.2 Å². The molecule has 0 saturated heterocycles. The van der Waals surface area contributed by atoms with Crippen LogP contribution in [0.2, 0.25) is 0 Å². The summed E-state index contributed by atoms with van der Waals surface area (Å²) in [5, 5.41) is 6.39. The second kappa shape index (κ2) is 9.92. The Labute approximate surface area is 179 Å². The van der Waals surface area contributed by atoms with Crippen molar-refractivity contribution in [2.75, 3.05) is 36.2 Å². The molecule has 0 spiro atoms. The van der Waals surface area contributed by atoms with Gasteiger partial charge >= 0.3 is 0 Å². The number of aromatic nitrogens is 1. The second-order valence-corrected chi connectivity index (χ2v) is 7.86. The summed E-state index contributed by atoms with van der Waals surface area (Å²) < 4.78 is 0. The van der Waals surface area contributed by atoms with E-state index in [0.717, 1.165) is 35.7 Å². The molecule has 1 heterocycles. The van der Waals surface area contributed by atoms with Gasteiger partial charge in [0.05, 0.1) is 5.56 Å². The maximum Gasteiger partial charge on any atom is 0.257 e. The first kappa shape index (κ1) is 21.4. The molecule has 156 valence electrons. The Morgan fingerprint density at radius 1 is 1.00 bits per heavy atom. The lowest BCUT2D eigenvalue weighted by atomic mass is 9.99. The normalized spacial score (nSPS) is 10.7. The van der Waals surface area contributed by atoms with Gasteiger partial charge in [0.15, 0.2) is 0 Å². The summed E-state index contributed by atoms with van der Waals surface area (Å²) in [4.78, 5) is 19.2. The summed E-state index contributed by atoms with van der Waals surface area (Å²) >= 11 is 0. The topological polar surface area (TPSA) is 57.3 Å². The quantitative estimate of drug-likeness (QED) is 0.545. The van der Waals surface area contributed by atoms with Crippen LogP contribution in [0.5, 0.6) is 0 Å². The second-order valence-electron chi connectivity index (χ2n) is 7.86. The van der Waals surface area contributed by atoms with Crippen LogP contribution in [0.3, 0.4) is 0 Å². The number of amides is 1. The lowest BCUT2D eigenvalue weighted by Gasteiger charge is -2.19. The van der Waals surface area contributed by atoms with Crippen molar-refractivity contribution in [3.05, 3.63) is 83.7 Å². The van der Waals surface area contributed by atoms with Crippen molar-refractivity contribution in [1.82, 2.24) is 4.98 Å². The minimum atomic E-state index is -0.107. The number of pyridine rings is 1. The number of carbonyl (C=O) groups excluding carboxylic acids is 1. The molecule has 2 aromatic carbocycles. The van der Waals surface area contributed by atoms with E-state index in [2.05, 4.69) is 35.5 Å². The van der Waals surface area contributed by atoms with Gasteiger partial charge in [-0.2, -0.15) is 0 Å². The van der Waals surface area contributed by atoms with E-state index in [9.17, 15) is 4.79 Å². The van der Waals surface area contributed by atoms with E-state index in [1.54, 1.807) is 0 Å². The van der Waals surface area contributed by atoms with E-state index in [0.29, 0.717) is 11.5 Å². The first-order valence-corrected chi connectivity index (χ1v) is 10.3. The number of benzene rings is 2. The summed E-state index contributed by atoms with van der Waals surface area (Å²) in [5.41, 5.74) is 5.66. The molecule has 1 amide bonds. The Hall–Kier alpha value is -3.34. The zero-order chi connectivity index (χ0) is 21.5. The molecular weight excluding hydrogens is 372 g/mol. The van der Waals surface area contributed by atoms with Crippen LogP contribution in [0.15, 0.2) is 66.9 Å². The molecule has 0 saturated carbocycles. The summed E-state index contributed by atoms with van der Waals surface area (Å²) in [7, 11) is 3.92. The van der Waals surface area contributed by atoms with Crippen LogP contribution >= 0.6 is 0 Å². The third kappa shape index (κ3) is 5.60. The number of nitrogens with zero attached hydrogens (tertiary/aromatic N) is 2. The molecular formula is C25H30N4O. The van der Waals surface area contributed by atoms with Crippen LogP contribution in [0.1, 0.15) is 41.4 Å². The Morgan fingerprint density at radius 3 is 2.37 bits per heavy atom. The van der Waals surface area contributed by atoms with Gasteiger partial charge in [-0.1, -0.05) is 26.0 Å². The van der Waals surface area contributed by atoms with E-state index < -0.39 is 0 Å². The van der Waals surface area contributed by atoms with E-state index in [1.165, 1.54) is 5.56 Å². The highest BCUT2D eigenvalue weighted by Gasteiger charge is 2.15. The lowest BCUT2D eigenvalue weighted by molar-refractivity contribution is 0.102. The minimum Gasteiger partial charge on any atom is -0.385 e. The van der Waals surface area contributed by atoms with Crippen LogP contribution < -0.4 is 15.5 Å². The van der Waals surface area contributed by atoms with E-state index in [4.69, 9.17) is 0 Å². The largest absolute Gasteiger partial charge is 0.385 e. The van der Waals surface area contributed by atoms with Gasteiger partial charge < -0.3 is 15.5 Å². The van der Waals surface area contributed by atoms with Crippen molar-refractivity contribution in [2.24, 2.45) is 0 Å². The van der Waals surface area contributed by atoms with Crippen molar-refractivity contribution in [3.8, 4) is 0 Å². The van der Waals surface area contributed by atoms with Gasteiger partial charge in [0.25, 0.3) is 5.91 Å². The Kier molecular flexibility index (Phi) is 7.07. The molecule has 0 aliphatic heterocycles. The van der Waals surface area contributed by atoms with Gasteiger partial charge in [0, 0.05) is 56.0 Å². The van der Waals surface area contributed by atoms with Crippen molar-refractivity contribution < 1.29 is 4.79 Å². The highest BCUT2D eigenvalue weighted by molar-refractivity contribution is 6.08. The van der Waals surface area contributed by atoms with E-state index in [-0.39, 0.29) is 5.91 Å². The monoisotopic (exact) mass is 402 g/mol. The maximum atomic E-state index is 12.9. The van der Waals surface area contributed by atoms with Crippen LogP contribution in [-0.4, -0.2) is 31.5 Å². The van der Waals surface area contributed by atoms with Crippen molar-refractivity contribution in [3.63, 3.8) is 0 Å². The molecule has 1 aromatic heterocycles. The average molecular weight is 403 g/mol. The molecule has 30 heavy (non-hydrogen) atoms. The maximum absolute atomic E-state index is 12.9. The summed E-state index contributed by atoms with van der Waals surface area (Å²) in [5.74, 6) is 0.309. The fourth-order valence-corrected chi connectivity index (χ4v) is 3.22. The molecule has 0 fully saturated rings. The molecule has 3 rings (SSSR count). The smallest absolute Gasteiger partial charge is 0.257 e. The van der Waals surface area contributed by atoms with Gasteiger partial charge in [0.2, 0.25) is 0 Å². The summed E-state index contributed by atoms with van der Waals surface area (Å²) in [6.45, 7) is 5.11. The first-order valence-electron chi connectivity index (χ1n) is 10.3. The predicted molar refractivity (Wildman–Crippen MR) is 126 cm³/mol. The number of carbonyl (C=O) groups is 1. The lowest BCUT2D eigenvalue weighted by Crippen LogP contribution is -2.19. The van der Waals surface area contributed by atoms with E-state index in [1.807, 2.05) is 79.8 Å². The van der Waals surface area contributed by atoms with Gasteiger partial charge in [-0.05, 0) is 60.0 Å². The van der Waals surface area contributed by atoms with Gasteiger partial charge in [-0.25, -0.2) is 0 Å². The molecule has 0 atom stereocenters. The molecule has 0 aliphatic rings. The van der Waals surface area contributed by atoms with Crippen molar-refractivity contribution >= 4 is 23.0 Å². The molecule has 3 aromatic rings. The number of hydrogen-bond acceptors (Lipinski definition) is 4. The van der Waals surface area contributed by atoms with Crippen LogP contribution in [0.25, 0.3) is 0 Å². The van der Waals surface area contributed by atoms with Gasteiger partial charge in [0.1, 0.15) is 0 Å². The standard InChI is InChI=1S/C25H30N4O/c1-18(2)19-8-13-23(24(17-19)29(3)4)25(30)28-22-11-9-21(10-12-22)27-16-14-20-7-5-6-15-26-20/h5-13,15,17-18,27H,14,16H2,1-4H3,(H,28,30). The zero-order valence-corrected chi connectivity index (χ0v) is 18.1. The summed E-state index contributed by atoms with van der Waals surface area (Å²) in [6.07, 6.45) is 2.67. The minimum absolute atomic E-state index is 0.107. The highest BCUT2D eigenvalue weighted by Crippen LogP contribution is 2.26. The number of rotatable bonds is 8. The van der Waals surface area contributed by atoms with Gasteiger partial charge in [-0.3, -0.25) is 9.78 Å². The van der Waals surface area contributed by atoms with Crippen LogP contribution in [0.4, 0.5) is 17.1 Å². The number of nitrogens with one attached hydrogen (secondary N) is 2. The Balaban J connectivity index is 1.62. The molecule has 5 heteroatoms. The molecule has 0 unspecified atom stereocenters. The number of anilines is 3. The van der Waals surface area contributed by atoms with Gasteiger partial charge in [-0.15, -0.1) is 0 Å². The molecule has 0 bridgehead atoms. The summed E-state index contributed by atoms with van der Waals surface area (Å²) in [6, 6.07) is 19.8. The molecule has 0 radical (unpaired) electrons. The number of hydrogen-bond donors (Lipinski definition) is 2. The molecule has 0 aliphatic carbocycles. The average Bonchev–Trinajstić information content (AvgIpc) is 2.75. The highest BCUT2D eigenvalue weighted by atomic mass is 16.1. The fourth-order valence-electron chi connectivity index (χ4n) is 3.22. The third-order valence-corrected chi connectivity index (χ3v) is 4.99. The SMILES string of the molecule is CC(C)c1ccc(C(=O)Nc2ccc(NCCc3ccccn3)cc2)c(N(C)C)c1. The van der Waals surface area contributed by atoms with E-state index >= 15 is 0 Å². The zero-order valence-electron chi connectivity index (χ0n) is 18.1. The first-order chi connectivity index (χ1) is 14.4. The molecule has 5 nitrogen and oxygen atoms in total. The van der Waals surface area contributed by atoms with Crippen molar-refractivity contribution in [1.29, 1.82) is 0 Å². The van der Waals surface area contributed by atoms with Crippen LogP contribution in [-0.2, 0) is 6.42 Å².